The van der Waals surface area contributed by atoms with Gasteiger partial charge in [-0.15, -0.1) is 0 Å². The van der Waals surface area contributed by atoms with Gasteiger partial charge >= 0.3 is 6.03 Å². The Bertz CT molecular complexity index is 421. The van der Waals surface area contributed by atoms with Crippen LogP contribution in [-0.2, 0) is 12.8 Å². The van der Waals surface area contributed by atoms with Crippen molar-refractivity contribution < 1.29 is 4.79 Å². The van der Waals surface area contributed by atoms with E-state index in [1.54, 1.807) is 6.21 Å². The van der Waals surface area contributed by atoms with Gasteiger partial charge in [0.2, 0.25) is 0 Å². The van der Waals surface area contributed by atoms with E-state index in [0.29, 0.717) is 0 Å². The molecule has 98 valence electrons. The number of hydrogen-bond acceptors (Lipinski definition) is 2. The SMILES string of the molecule is CCc1ccc(CC(C)(C)/C=N\NC(N)=O)cc1. The molecule has 0 bridgehead atoms. The molecule has 0 radical (unpaired) electrons. The highest BCUT2D eigenvalue weighted by Crippen LogP contribution is 2.19. The fraction of sp³-hybridized carbons (Fsp3) is 0.429. The van der Waals surface area contributed by atoms with Crippen LogP contribution in [0.3, 0.4) is 0 Å². The van der Waals surface area contributed by atoms with Gasteiger partial charge in [-0.25, -0.2) is 10.2 Å². The monoisotopic (exact) mass is 247 g/mol. The van der Waals surface area contributed by atoms with Crippen molar-refractivity contribution in [1.82, 2.24) is 5.43 Å². The molecule has 0 saturated heterocycles. The Kier molecular flexibility index (Phi) is 4.89. The lowest BCUT2D eigenvalue weighted by atomic mass is 9.87. The van der Waals surface area contributed by atoms with Gasteiger partial charge in [0.15, 0.2) is 0 Å². The molecule has 1 aromatic rings. The number of nitrogens with zero attached hydrogens (tertiary/aromatic N) is 1. The number of rotatable bonds is 5. The number of benzene rings is 1. The molecule has 2 amide bonds. The Morgan fingerprint density at radius 2 is 1.89 bits per heavy atom. The van der Waals surface area contributed by atoms with Crippen molar-refractivity contribution in [2.24, 2.45) is 16.3 Å². The van der Waals surface area contributed by atoms with Gasteiger partial charge in [0.25, 0.3) is 0 Å². The second-order valence-corrected chi connectivity index (χ2v) is 5.07. The van der Waals surface area contributed by atoms with Crippen LogP contribution in [0.5, 0.6) is 0 Å². The first-order chi connectivity index (χ1) is 8.43. The highest BCUT2D eigenvalue weighted by Gasteiger charge is 2.15. The number of amides is 2. The van der Waals surface area contributed by atoms with Gasteiger partial charge in [0, 0.05) is 11.6 Å². The Morgan fingerprint density at radius 1 is 1.33 bits per heavy atom. The first-order valence-corrected chi connectivity index (χ1v) is 6.10. The van der Waals surface area contributed by atoms with E-state index < -0.39 is 6.03 Å². The third-order valence-corrected chi connectivity index (χ3v) is 2.68. The molecular formula is C14H21N3O. The van der Waals surface area contributed by atoms with Gasteiger partial charge < -0.3 is 5.73 Å². The second-order valence-electron chi connectivity index (χ2n) is 5.07. The largest absolute Gasteiger partial charge is 0.350 e. The van der Waals surface area contributed by atoms with Crippen molar-refractivity contribution in [2.75, 3.05) is 0 Å². The smallest absolute Gasteiger partial charge is 0.332 e. The Morgan fingerprint density at radius 3 is 2.39 bits per heavy atom. The van der Waals surface area contributed by atoms with Crippen LogP contribution in [0.4, 0.5) is 4.79 Å². The number of primary amides is 1. The maximum atomic E-state index is 10.5. The molecule has 18 heavy (non-hydrogen) atoms. The molecule has 3 N–H and O–H groups in total. The maximum absolute atomic E-state index is 10.5. The molecule has 4 heteroatoms. The summed E-state index contributed by atoms with van der Waals surface area (Å²) in [6, 6.07) is 7.91. The molecule has 0 fully saturated rings. The van der Waals surface area contributed by atoms with Crippen molar-refractivity contribution in [1.29, 1.82) is 0 Å². The first-order valence-electron chi connectivity index (χ1n) is 6.10. The van der Waals surface area contributed by atoms with Crippen molar-refractivity contribution in [2.45, 2.75) is 33.6 Å². The lowest BCUT2D eigenvalue weighted by molar-refractivity contribution is 0.249. The fourth-order valence-corrected chi connectivity index (χ4v) is 1.74. The average Bonchev–Trinajstić information content (AvgIpc) is 2.28. The average molecular weight is 247 g/mol. The Labute approximate surface area is 108 Å². The molecule has 4 nitrogen and oxygen atoms in total. The topological polar surface area (TPSA) is 67.5 Å². The summed E-state index contributed by atoms with van der Waals surface area (Å²) in [4.78, 5) is 10.5. The third kappa shape index (κ3) is 4.99. The molecule has 0 heterocycles. The predicted octanol–water partition coefficient (Wildman–Crippen LogP) is 2.47. The summed E-state index contributed by atoms with van der Waals surface area (Å²) < 4.78 is 0. The Balaban J connectivity index is 2.63. The molecule has 1 rings (SSSR count). The van der Waals surface area contributed by atoms with Crippen molar-refractivity contribution in [3.05, 3.63) is 35.4 Å². The summed E-state index contributed by atoms with van der Waals surface area (Å²) in [5.41, 5.74) is 9.61. The molecule has 0 aromatic heterocycles. The van der Waals surface area contributed by atoms with Gasteiger partial charge in [0.1, 0.15) is 0 Å². The lowest BCUT2D eigenvalue weighted by Crippen LogP contribution is -2.26. The van der Waals surface area contributed by atoms with Crippen LogP contribution in [0, 0.1) is 5.41 Å². The highest BCUT2D eigenvalue weighted by molar-refractivity contribution is 5.73. The van der Waals surface area contributed by atoms with E-state index in [9.17, 15) is 4.79 Å². The summed E-state index contributed by atoms with van der Waals surface area (Å²) in [7, 11) is 0. The maximum Gasteiger partial charge on any atom is 0.332 e. The highest BCUT2D eigenvalue weighted by atomic mass is 16.2. The minimum Gasteiger partial charge on any atom is -0.350 e. The summed E-state index contributed by atoms with van der Waals surface area (Å²) in [6.45, 7) is 6.26. The van der Waals surface area contributed by atoms with Crippen LogP contribution >= 0.6 is 0 Å². The number of hydrogen-bond donors (Lipinski definition) is 2. The number of aryl methyl sites for hydroxylation is 1. The van der Waals surface area contributed by atoms with Crippen LogP contribution in [0.25, 0.3) is 0 Å². The second kappa shape index (κ2) is 6.19. The zero-order valence-corrected chi connectivity index (χ0v) is 11.2. The minimum atomic E-state index is -0.644. The van der Waals surface area contributed by atoms with Crippen LogP contribution in [0.15, 0.2) is 29.4 Å². The molecule has 0 saturated carbocycles. The summed E-state index contributed by atoms with van der Waals surface area (Å²) in [6.07, 6.45) is 3.63. The summed E-state index contributed by atoms with van der Waals surface area (Å²) >= 11 is 0. The van der Waals surface area contributed by atoms with Crippen LogP contribution in [0.1, 0.15) is 31.9 Å². The number of carbonyl (C=O) groups is 1. The Hall–Kier alpha value is -1.84. The number of nitrogens with one attached hydrogen (secondary N) is 1. The molecule has 0 aliphatic rings. The van der Waals surface area contributed by atoms with E-state index in [-0.39, 0.29) is 5.41 Å². The van der Waals surface area contributed by atoms with E-state index in [2.05, 4.69) is 55.6 Å². The number of carbonyl (C=O) groups excluding carboxylic acids is 1. The van der Waals surface area contributed by atoms with Crippen LogP contribution < -0.4 is 11.2 Å². The van der Waals surface area contributed by atoms with Gasteiger partial charge in [-0.05, 0) is 24.0 Å². The molecule has 0 aliphatic heterocycles. The van der Waals surface area contributed by atoms with Gasteiger partial charge in [-0.3, -0.25) is 0 Å². The zero-order valence-electron chi connectivity index (χ0n) is 11.2. The van der Waals surface area contributed by atoms with Gasteiger partial charge in [-0.1, -0.05) is 45.0 Å². The first kappa shape index (κ1) is 14.2. The molecule has 1 aromatic carbocycles. The van der Waals surface area contributed by atoms with E-state index in [1.165, 1.54) is 11.1 Å². The van der Waals surface area contributed by atoms with E-state index >= 15 is 0 Å². The van der Waals surface area contributed by atoms with Gasteiger partial charge in [-0.2, -0.15) is 5.10 Å². The van der Waals surface area contributed by atoms with Crippen molar-refractivity contribution in [3.8, 4) is 0 Å². The van der Waals surface area contributed by atoms with E-state index in [1.807, 2.05) is 0 Å². The molecular weight excluding hydrogens is 226 g/mol. The molecule has 0 aliphatic carbocycles. The molecule has 0 spiro atoms. The standard InChI is InChI=1S/C14H21N3O/c1-4-11-5-7-12(8-6-11)9-14(2,3)10-16-17-13(15)18/h5-8,10H,4,9H2,1-3H3,(H3,15,17,18)/b16-10-. The van der Waals surface area contributed by atoms with Gasteiger partial charge in [0.05, 0.1) is 0 Å². The normalized spacial score (nSPS) is 11.7. The van der Waals surface area contributed by atoms with E-state index in [4.69, 9.17) is 5.73 Å². The number of nitrogens with two attached hydrogens (primary N) is 1. The quantitative estimate of drug-likeness (QED) is 0.609. The van der Waals surface area contributed by atoms with Crippen molar-refractivity contribution in [3.63, 3.8) is 0 Å². The van der Waals surface area contributed by atoms with Crippen molar-refractivity contribution >= 4 is 12.2 Å². The zero-order chi connectivity index (χ0) is 13.6. The predicted molar refractivity (Wildman–Crippen MR) is 74.5 cm³/mol. The lowest BCUT2D eigenvalue weighted by Gasteiger charge is -2.19. The summed E-state index contributed by atoms with van der Waals surface area (Å²) in [5.74, 6) is 0. The van der Waals surface area contributed by atoms with E-state index in [0.717, 1.165) is 12.8 Å². The summed E-state index contributed by atoms with van der Waals surface area (Å²) in [5, 5.41) is 3.82. The minimum absolute atomic E-state index is 0.129. The fourth-order valence-electron chi connectivity index (χ4n) is 1.74. The number of hydrazone groups is 1. The third-order valence-electron chi connectivity index (χ3n) is 2.68. The molecule has 0 unspecified atom stereocenters. The van der Waals surface area contributed by atoms with Crippen LogP contribution in [0.2, 0.25) is 0 Å². The molecule has 0 atom stereocenters. The number of urea groups is 1. The van der Waals surface area contributed by atoms with Crippen LogP contribution in [-0.4, -0.2) is 12.2 Å².